The number of carbonyl (C=O) groups is 1. The van der Waals surface area contributed by atoms with Crippen LogP contribution in [0.3, 0.4) is 0 Å². The van der Waals surface area contributed by atoms with E-state index in [0.29, 0.717) is 29.4 Å². The lowest BCUT2D eigenvalue weighted by atomic mass is 10.1. The highest BCUT2D eigenvalue weighted by Gasteiger charge is 2.21. The number of halogens is 2. The number of likely N-dealkylation sites (tertiary alicyclic amines) is 1. The normalized spacial score (nSPS) is 16.3. The van der Waals surface area contributed by atoms with Gasteiger partial charge in [-0.15, -0.1) is 11.3 Å². The molecule has 1 amide bonds. The number of thiophene rings is 1. The third kappa shape index (κ3) is 5.68. The molecule has 3 aromatic rings. The zero-order chi connectivity index (χ0) is 22.5. The van der Waals surface area contributed by atoms with Crippen LogP contribution in [0.5, 0.6) is 0 Å². The Balaban J connectivity index is 1.31. The van der Waals surface area contributed by atoms with E-state index in [1.54, 1.807) is 0 Å². The van der Waals surface area contributed by atoms with Crippen molar-refractivity contribution >= 4 is 34.5 Å². The summed E-state index contributed by atoms with van der Waals surface area (Å²) in [5.41, 5.74) is 4.21. The minimum absolute atomic E-state index is 0.0778. The highest BCUT2D eigenvalue weighted by atomic mass is 35.5. The average molecular weight is 472 g/mol. The van der Waals surface area contributed by atoms with Crippen LogP contribution in [0.2, 0.25) is 5.02 Å². The van der Waals surface area contributed by atoms with Crippen molar-refractivity contribution in [3.8, 4) is 10.4 Å². The standard InChI is InChI=1S/C25H27ClFN3OS/c1-28-22-14-23(19-6-8-20(26)9-7-19)32-24(22)25(31)29-12-10-17-2-4-18(5-3-17)15-30-13-11-21(27)16-30/h2-9,14,21,28H,10-13,15-16H2,1H3,(H,29,31)/t21-/m0/s1. The van der Waals surface area contributed by atoms with Gasteiger partial charge in [-0.2, -0.15) is 0 Å². The molecule has 0 spiro atoms. The molecule has 0 bridgehead atoms. The fraction of sp³-hybridized carbons (Fsp3) is 0.320. The predicted octanol–water partition coefficient (Wildman–Crippen LogP) is 5.63. The van der Waals surface area contributed by atoms with Crippen molar-refractivity contribution in [2.24, 2.45) is 0 Å². The lowest BCUT2D eigenvalue weighted by Gasteiger charge is -2.14. The molecule has 0 radical (unpaired) electrons. The van der Waals surface area contributed by atoms with Crippen LogP contribution in [-0.2, 0) is 13.0 Å². The zero-order valence-electron chi connectivity index (χ0n) is 18.0. The van der Waals surface area contributed by atoms with E-state index in [4.69, 9.17) is 11.6 Å². The molecule has 1 aliphatic rings. The first kappa shape index (κ1) is 22.8. The number of carbonyl (C=O) groups excluding carboxylic acids is 1. The van der Waals surface area contributed by atoms with Gasteiger partial charge in [0.2, 0.25) is 0 Å². The van der Waals surface area contributed by atoms with E-state index in [-0.39, 0.29) is 5.91 Å². The van der Waals surface area contributed by atoms with E-state index in [1.807, 2.05) is 37.4 Å². The summed E-state index contributed by atoms with van der Waals surface area (Å²) in [5.74, 6) is -0.0778. The number of nitrogens with one attached hydrogen (secondary N) is 2. The largest absolute Gasteiger partial charge is 0.387 e. The summed E-state index contributed by atoms with van der Waals surface area (Å²) in [5, 5.41) is 6.84. The van der Waals surface area contributed by atoms with Crippen LogP contribution in [0.15, 0.2) is 54.6 Å². The molecular weight excluding hydrogens is 445 g/mol. The van der Waals surface area contributed by atoms with Gasteiger partial charge < -0.3 is 10.6 Å². The van der Waals surface area contributed by atoms with Crippen molar-refractivity contribution in [1.82, 2.24) is 10.2 Å². The molecule has 1 atom stereocenters. The number of amides is 1. The Morgan fingerprint density at radius 2 is 1.88 bits per heavy atom. The van der Waals surface area contributed by atoms with Crippen LogP contribution in [0.1, 0.15) is 27.2 Å². The Morgan fingerprint density at radius 1 is 1.16 bits per heavy atom. The number of nitrogens with zero attached hydrogens (tertiary/aromatic N) is 1. The number of anilines is 1. The molecule has 4 rings (SSSR count). The topological polar surface area (TPSA) is 44.4 Å². The van der Waals surface area contributed by atoms with Crippen molar-refractivity contribution in [2.45, 2.75) is 25.6 Å². The van der Waals surface area contributed by atoms with E-state index >= 15 is 0 Å². The zero-order valence-corrected chi connectivity index (χ0v) is 19.6. The smallest absolute Gasteiger partial charge is 0.263 e. The van der Waals surface area contributed by atoms with Crippen molar-refractivity contribution in [3.05, 3.63) is 75.6 Å². The molecule has 4 nitrogen and oxygen atoms in total. The van der Waals surface area contributed by atoms with E-state index in [9.17, 15) is 9.18 Å². The van der Waals surface area contributed by atoms with Crippen LogP contribution in [0, 0.1) is 0 Å². The van der Waals surface area contributed by atoms with Crippen LogP contribution >= 0.6 is 22.9 Å². The molecule has 0 unspecified atom stereocenters. The Morgan fingerprint density at radius 3 is 2.53 bits per heavy atom. The molecular formula is C25H27ClFN3OS. The number of hydrogen-bond donors (Lipinski definition) is 2. The van der Waals surface area contributed by atoms with Gasteiger partial charge in [0.1, 0.15) is 11.0 Å². The van der Waals surface area contributed by atoms with Gasteiger partial charge >= 0.3 is 0 Å². The second kappa shape index (κ2) is 10.5. The summed E-state index contributed by atoms with van der Waals surface area (Å²) in [6.45, 7) is 2.71. The first-order chi connectivity index (χ1) is 15.5. The third-order valence-corrected chi connectivity index (χ3v) is 7.11. The maximum absolute atomic E-state index is 13.3. The Kier molecular flexibility index (Phi) is 7.45. The minimum atomic E-state index is -0.688. The summed E-state index contributed by atoms with van der Waals surface area (Å²) in [6.07, 6.45) is 0.706. The van der Waals surface area contributed by atoms with Gasteiger partial charge in [0.05, 0.1) is 5.69 Å². The molecule has 1 fully saturated rings. The second-order valence-electron chi connectivity index (χ2n) is 8.05. The molecule has 2 aromatic carbocycles. The number of rotatable bonds is 8. The number of benzene rings is 2. The lowest BCUT2D eigenvalue weighted by molar-refractivity contribution is 0.0959. The van der Waals surface area contributed by atoms with Gasteiger partial charge in [0.25, 0.3) is 5.91 Å². The van der Waals surface area contributed by atoms with Crippen molar-refractivity contribution < 1.29 is 9.18 Å². The van der Waals surface area contributed by atoms with Crippen LogP contribution < -0.4 is 10.6 Å². The molecule has 0 saturated carbocycles. The van der Waals surface area contributed by atoms with Crippen LogP contribution in [0.25, 0.3) is 10.4 Å². The quantitative estimate of drug-likeness (QED) is 0.447. The summed E-state index contributed by atoms with van der Waals surface area (Å²) in [7, 11) is 1.82. The van der Waals surface area contributed by atoms with Crippen molar-refractivity contribution in [1.29, 1.82) is 0 Å². The predicted molar refractivity (Wildman–Crippen MR) is 132 cm³/mol. The molecule has 0 aliphatic carbocycles. The van der Waals surface area contributed by atoms with Gasteiger partial charge in [-0.25, -0.2) is 4.39 Å². The van der Waals surface area contributed by atoms with E-state index < -0.39 is 6.17 Å². The number of hydrogen-bond acceptors (Lipinski definition) is 4. The average Bonchev–Trinajstić information content (AvgIpc) is 3.41. The molecule has 1 aliphatic heterocycles. The van der Waals surface area contributed by atoms with E-state index in [0.717, 1.165) is 35.6 Å². The summed E-state index contributed by atoms with van der Waals surface area (Å²) in [6, 6.07) is 18.0. The van der Waals surface area contributed by atoms with Crippen molar-refractivity contribution in [3.63, 3.8) is 0 Å². The van der Waals surface area contributed by atoms with Crippen LogP contribution in [-0.4, -0.2) is 43.7 Å². The first-order valence-electron chi connectivity index (χ1n) is 10.8. The van der Waals surface area contributed by atoms with Gasteiger partial charge in [-0.05, 0) is 47.7 Å². The fourth-order valence-corrected chi connectivity index (χ4v) is 5.11. The highest BCUT2D eigenvalue weighted by Crippen LogP contribution is 2.35. The van der Waals surface area contributed by atoms with Gasteiger partial charge in [0.15, 0.2) is 0 Å². The molecule has 168 valence electrons. The molecule has 2 N–H and O–H groups in total. The molecule has 1 aromatic heterocycles. The van der Waals surface area contributed by atoms with Gasteiger partial charge in [-0.1, -0.05) is 48.0 Å². The Bertz CT molecular complexity index is 1050. The lowest BCUT2D eigenvalue weighted by Crippen LogP contribution is -2.25. The monoisotopic (exact) mass is 471 g/mol. The van der Waals surface area contributed by atoms with Gasteiger partial charge in [-0.3, -0.25) is 9.69 Å². The summed E-state index contributed by atoms with van der Waals surface area (Å²) in [4.78, 5) is 16.6. The third-order valence-electron chi connectivity index (χ3n) is 5.68. The van der Waals surface area contributed by atoms with Crippen LogP contribution in [0.4, 0.5) is 10.1 Å². The maximum Gasteiger partial charge on any atom is 0.263 e. The first-order valence-corrected chi connectivity index (χ1v) is 12.0. The summed E-state index contributed by atoms with van der Waals surface area (Å²) >= 11 is 7.45. The molecule has 7 heteroatoms. The molecule has 32 heavy (non-hydrogen) atoms. The minimum Gasteiger partial charge on any atom is -0.387 e. The molecule has 2 heterocycles. The highest BCUT2D eigenvalue weighted by molar-refractivity contribution is 7.18. The Hall–Kier alpha value is -2.41. The van der Waals surface area contributed by atoms with Gasteiger partial charge in [0, 0.05) is 43.1 Å². The van der Waals surface area contributed by atoms with Crippen molar-refractivity contribution in [2.75, 3.05) is 32.0 Å². The number of alkyl halides is 1. The Labute approximate surface area is 197 Å². The summed E-state index contributed by atoms with van der Waals surface area (Å²) < 4.78 is 13.3. The van der Waals surface area contributed by atoms with E-state index in [2.05, 4.69) is 39.8 Å². The molecule has 1 saturated heterocycles. The fourth-order valence-electron chi connectivity index (χ4n) is 3.90. The SMILES string of the molecule is CNc1cc(-c2ccc(Cl)cc2)sc1C(=O)NCCc1ccc(CN2CC[C@H](F)C2)cc1. The second-order valence-corrected chi connectivity index (χ2v) is 9.54. The van der Waals surface area contributed by atoms with E-state index in [1.165, 1.54) is 22.5 Å². The maximum atomic E-state index is 13.3.